The van der Waals surface area contributed by atoms with Crippen molar-refractivity contribution in [3.05, 3.63) is 34.3 Å². The van der Waals surface area contributed by atoms with Gasteiger partial charge in [-0.05, 0) is 30.5 Å². The molecule has 1 rings (SSSR count). The molecule has 5 heteroatoms. The Balaban J connectivity index is 2.37. The number of halogens is 1. The first-order valence-electron chi connectivity index (χ1n) is 7.06. The molecule has 1 aromatic rings. The number of carbonyl (C=O) groups excluding carboxylic acids is 1. The summed E-state index contributed by atoms with van der Waals surface area (Å²) in [4.78, 5) is 22.1. The topological polar surface area (TPSA) is 66.4 Å². The van der Waals surface area contributed by atoms with Crippen LogP contribution in [0.2, 0.25) is 0 Å². The fourth-order valence-corrected chi connectivity index (χ4v) is 2.24. The van der Waals surface area contributed by atoms with Crippen LogP contribution in [-0.2, 0) is 15.0 Å². The third kappa shape index (κ3) is 6.76. The molecule has 0 saturated carbocycles. The number of aliphatic carboxylic acids is 1. The number of amides is 1. The number of hydrogen-bond donors (Lipinski definition) is 2. The van der Waals surface area contributed by atoms with Crippen LogP contribution in [0.3, 0.4) is 0 Å². The van der Waals surface area contributed by atoms with Crippen LogP contribution in [0.15, 0.2) is 28.7 Å². The average Bonchev–Trinajstić information content (AvgIpc) is 2.42. The van der Waals surface area contributed by atoms with Crippen molar-refractivity contribution in [1.29, 1.82) is 0 Å². The number of carbonyl (C=O) groups is 2. The Labute approximate surface area is 134 Å². The maximum atomic E-state index is 11.8. The van der Waals surface area contributed by atoms with Gasteiger partial charge in [-0.2, -0.15) is 0 Å². The Morgan fingerprint density at radius 1 is 1.14 bits per heavy atom. The van der Waals surface area contributed by atoms with Crippen molar-refractivity contribution in [2.75, 3.05) is 6.54 Å². The molecule has 0 fully saturated rings. The average molecular weight is 356 g/mol. The lowest BCUT2D eigenvalue weighted by Gasteiger charge is -2.25. The Morgan fingerprint density at radius 2 is 1.71 bits per heavy atom. The van der Waals surface area contributed by atoms with E-state index in [0.29, 0.717) is 25.8 Å². The van der Waals surface area contributed by atoms with Crippen LogP contribution in [0.1, 0.15) is 45.1 Å². The molecule has 1 amide bonds. The van der Waals surface area contributed by atoms with Crippen LogP contribution in [-0.4, -0.2) is 23.5 Å². The van der Waals surface area contributed by atoms with E-state index < -0.39 is 5.97 Å². The Hall–Kier alpha value is -1.36. The largest absolute Gasteiger partial charge is 0.481 e. The minimum absolute atomic E-state index is 0.0226. The lowest BCUT2D eigenvalue weighted by atomic mass is 9.84. The van der Waals surface area contributed by atoms with Crippen LogP contribution < -0.4 is 5.32 Å². The van der Waals surface area contributed by atoms with Crippen LogP contribution in [0.5, 0.6) is 0 Å². The number of carboxylic acid groups (broad SMARTS) is 1. The summed E-state index contributed by atoms with van der Waals surface area (Å²) >= 11 is 3.41. The van der Waals surface area contributed by atoms with Crippen LogP contribution in [0.4, 0.5) is 0 Å². The Bertz CT molecular complexity index is 483. The van der Waals surface area contributed by atoms with E-state index in [2.05, 4.69) is 35.1 Å². The van der Waals surface area contributed by atoms with Crippen molar-refractivity contribution >= 4 is 27.8 Å². The molecule has 21 heavy (non-hydrogen) atoms. The first kappa shape index (κ1) is 17.7. The number of carboxylic acids is 1. The summed E-state index contributed by atoms with van der Waals surface area (Å²) in [5.74, 6) is -0.836. The second-order valence-electron chi connectivity index (χ2n) is 5.77. The Morgan fingerprint density at radius 3 is 2.29 bits per heavy atom. The second kappa shape index (κ2) is 8.17. The zero-order valence-corrected chi connectivity index (χ0v) is 14.1. The maximum absolute atomic E-state index is 11.8. The summed E-state index contributed by atoms with van der Waals surface area (Å²) in [5.41, 5.74) is 1.02. The van der Waals surface area contributed by atoms with Crippen molar-refractivity contribution in [1.82, 2.24) is 5.32 Å². The molecule has 0 spiro atoms. The molecule has 4 nitrogen and oxygen atoms in total. The molecule has 0 aliphatic carbocycles. The van der Waals surface area contributed by atoms with Crippen molar-refractivity contribution in [2.45, 2.75) is 44.9 Å². The van der Waals surface area contributed by atoms with Crippen LogP contribution in [0.25, 0.3) is 0 Å². The smallest absolute Gasteiger partial charge is 0.303 e. The molecule has 0 aliphatic heterocycles. The van der Waals surface area contributed by atoms with Crippen LogP contribution in [0, 0.1) is 0 Å². The van der Waals surface area contributed by atoms with Crippen molar-refractivity contribution in [3.8, 4) is 0 Å². The van der Waals surface area contributed by atoms with Gasteiger partial charge in [0.25, 0.3) is 0 Å². The van der Waals surface area contributed by atoms with Crippen molar-refractivity contribution in [2.24, 2.45) is 0 Å². The molecule has 0 heterocycles. The molecule has 0 saturated heterocycles. The molecule has 2 N–H and O–H groups in total. The molecule has 0 unspecified atom stereocenters. The van der Waals surface area contributed by atoms with E-state index in [1.165, 1.54) is 0 Å². The fourth-order valence-electron chi connectivity index (χ4n) is 1.97. The molecule has 0 bridgehead atoms. The highest BCUT2D eigenvalue weighted by atomic mass is 79.9. The quantitative estimate of drug-likeness (QED) is 0.701. The zero-order valence-electron chi connectivity index (χ0n) is 12.5. The van der Waals surface area contributed by atoms with E-state index in [4.69, 9.17) is 5.11 Å². The summed E-state index contributed by atoms with van der Waals surface area (Å²) in [6.45, 7) is 4.73. The van der Waals surface area contributed by atoms with Crippen LogP contribution >= 0.6 is 15.9 Å². The highest BCUT2D eigenvalue weighted by Crippen LogP contribution is 2.24. The van der Waals surface area contributed by atoms with Crippen molar-refractivity contribution in [3.63, 3.8) is 0 Å². The number of unbranched alkanes of at least 4 members (excludes halogenated alkanes) is 1. The first-order valence-corrected chi connectivity index (χ1v) is 7.85. The van der Waals surface area contributed by atoms with E-state index in [9.17, 15) is 9.59 Å². The second-order valence-corrected chi connectivity index (χ2v) is 6.68. The van der Waals surface area contributed by atoms with E-state index >= 15 is 0 Å². The summed E-state index contributed by atoms with van der Waals surface area (Å²) in [6.07, 6.45) is 1.65. The predicted octanol–water partition coefficient (Wildman–Crippen LogP) is 3.49. The third-order valence-corrected chi connectivity index (χ3v) is 3.93. The van der Waals surface area contributed by atoms with E-state index in [1.54, 1.807) is 0 Å². The molecule has 1 aromatic carbocycles. The lowest BCUT2D eigenvalue weighted by Crippen LogP contribution is -2.36. The van der Waals surface area contributed by atoms with Gasteiger partial charge in [0.15, 0.2) is 0 Å². The van der Waals surface area contributed by atoms with Gasteiger partial charge in [0.2, 0.25) is 5.91 Å². The van der Waals surface area contributed by atoms with Gasteiger partial charge >= 0.3 is 5.97 Å². The van der Waals surface area contributed by atoms with Gasteiger partial charge in [0, 0.05) is 29.3 Å². The summed E-state index contributed by atoms with van der Waals surface area (Å²) < 4.78 is 1.03. The monoisotopic (exact) mass is 355 g/mol. The third-order valence-electron chi connectivity index (χ3n) is 3.40. The van der Waals surface area contributed by atoms with E-state index in [0.717, 1.165) is 10.0 Å². The van der Waals surface area contributed by atoms with Gasteiger partial charge < -0.3 is 10.4 Å². The van der Waals surface area contributed by atoms with Gasteiger partial charge in [-0.25, -0.2) is 0 Å². The van der Waals surface area contributed by atoms with Gasteiger partial charge in [0.05, 0.1) is 0 Å². The first-order chi connectivity index (χ1) is 9.81. The molecular weight excluding hydrogens is 334 g/mol. The summed E-state index contributed by atoms with van der Waals surface area (Å²) in [6, 6.07) is 8.07. The number of hydrogen-bond acceptors (Lipinski definition) is 2. The molecule has 0 aromatic heterocycles. The van der Waals surface area contributed by atoms with Gasteiger partial charge in [-0.15, -0.1) is 0 Å². The molecule has 0 radical (unpaired) electrons. The number of rotatable bonds is 8. The molecule has 0 atom stereocenters. The lowest BCUT2D eigenvalue weighted by molar-refractivity contribution is -0.137. The highest BCUT2D eigenvalue weighted by molar-refractivity contribution is 9.10. The highest BCUT2D eigenvalue weighted by Gasteiger charge is 2.21. The SMILES string of the molecule is CC(C)(CNC(=O)CCCCC(=O)O)c1ccc(Br)cc1. The van der Waals surface area contributed by atoms with E-state index in [1.807, 2.05) is 24.3 Å². The van der Waals surface area contributed by atoms with Gasteiger partial charge in [-0.1, -0.05) is 41.9 Å². The number of nitrogens with one attached hydrogen (secondary N) is 1. The standard InChI is InChI=1S/C16H22BrNO3/c1-16(2,12-7-9-13(17)10-8-12)11-18-14(19)5-3-4-6-15(20)21/h7-10H,3-6,11H2,1-2H3,(H,18,19)(H,20,21). The molecular formula is C16H22BrNO3. The number of benzene rings is 1. The minimum atomic E-state index is -0.813. The summed E-state index contributed by atoms with van der Waals surface area (Å²) in [5, 5.41) is 11.5. The van der Waals surface area contributed by atoms with Gasteiger partial charge in [-0.3, -0.25) is 9.59 Å². The normalized spacial score (nSPS) is 11.2. The van der Waals surface area contributed by atoms with Crippen molar-refractivity contribution < 1.29 is 14.7 Å². The predicted molar refractivity (Wildman–Crippen MR) is 86.3 cm³/mol. The zero-order chi connectivity index (χ0) is 15.9. The minimum Gasteiger partial charge on any atom is -0.481 e. The van der Waals surface area contributed by atoms with Gasteiger partial charge in [0.1, 0.15) is 0 Å². The maximum Gasteiger partial charge on any atom is 0.303 e. The van der Waals surface area contributed by atoms with E-state index in [-0.39, 0.29) is 17.7 Å². The molecule has 0 aliphatic rings. The Kier molecular flexibility index (Phi) is 6.89. The summed E-state index contributed by atoms with van der Waals surface area (Å²) in [7, 11) is 0. The molecule has 116 valence electrons. The fraction of sp³-hybridized carbons (Fsp3) is 0.500.